The second-order valence-corrected chi connectivity index (χ2v) is 5.09. The molecule has 0 aliphatic carbocycles. The van der Waals surface area contributed by atoms with Crippen molar-refractivity contribution in [2.24, 2.45) is 0 Å². The van der Waals surface area contributed by atoms with Gasteiger partial charge in [0.1, 0.15) is 5.82 Å². The number of carbonyl (C=O) groups is 1. The number of nitrogen functional groups attached to an aromatic ring is 1. The highest BCUT2D eigenvalue weighted by molar-refractivity contribution is 5.78. The Morgan fingerprint density at radius 1 is 1.24 bits per heavy atom. The third-order valence-corrected chi connectivity index (χ3v) is 3.34. The minimum atomic E-state index is -0.234. The molecule has 0 atom stereocenters. The van der Waals surface area contributed by atoms with Crippen molar-refractivity contribution in [1.29, 1.82) is 0 Å². The molecule has 0 fully saturated rings. The van der Waals surface area contributed by atoms with Gasteiger partial charge in [0, 0.05) is 12.2 Å². The Morgan fingerprint density at radius 3 is 2.76 bits per heavy atom. The van der Waals surface area contributed by atoms with E-state index >= 15 is 0 Å². The molecule has 0 spiro atoms. The maximum atomic E-state index is 13.0. The SMILES string of the molecule is Cc1cc(F)ccc1CCNC(=O)Cc1cccc(N)c1. The van der Waals surface area contributed by atoms with Gasteiger partial charge in [-0.3, -0.25) is 4.79 Å². The van der Waals surface area contributed by atoms with Gasteiger partial charge in [0.25, 0.3) is 0 Å². The van der Waals surface area contributed by atoms with Crippen molar-refractivity contribution in [3.05, 3.63) is 65.0 Å². The van der Waals surface area contributed by atoms with Crippen molar-refractivity contribution in [3.8, 4) is 0 Å². The third-order valence-electron chi connectivity index (χ3n) is 3.34. The van der Waals surface area contributed by atoms with E-state index in [2.05, 4.69) is 5.32 Å². The number of halogens is 1. The van der Waals surface area contributed by atoms with Crippen molar-refractivity contribution in [2.75, 3.05) is 12.3 Å². The molecule has 2 aromatic rings. The molecule has 0 unspecified atom stereocenters. The number of hydrogen-bond donors (Lipinski definition) is 2. The van der Waals surface area contributed by atoms with Crippen LogP contribution in [0.2, 0.25) is 0 Å². The molecule has 0 bridgehead atoms. The van der Waals surface area contributed by atoms with Gasteiger partial charge in [-0.05, 0) is 54.3 Å². The average Bonchev–Trinajstić information content (AvgIpc) is 2.41. The molecule has 2 rings (SSSR count). The zero-order valence-electron chi connectivity index (χ0n) is 12.0. The van der Waals surface area contributed by atoms with Crippen LogP contribution in [0.5, 0.6) is 0 Å². The maximum Gasteiger partial charge on any atom is 0.224 e. The Labute approximate surface area is 124 Å². The van der Waals surface area contributed by atoms with Gasteiger partial charge < -0.3 is 11.1 Å². The first-order valence-corrected chi connectivity index (χ1v) is 6.91. The summed E-state index contributed by atoms with van der Waals surface area (Å²) in [6.07, 6.45) is 1.00. The number of carbonyl (C=O) groups excluding carboxylic acids is 1. The fourth-order valence-corrected chi connectivity index (χ4v) is 2.23. The van der Waals surface area contributed by atoms with Crippen LogP contribution >= 0.6 is 0 Å². The van der Waals surface area contributed by atoms with Gasteiger partial charge in [-0.25, -0.2) is 4.39 Å². The first-order chi connectivity index (χ1) is 10.0. The first kappa shape index (κ1) is 15.0. The smallest absolute Gasteiger partial charge is 0.224 e. The summed E-state index contributed by atoms with van der Waals surface area (Å²) in [6, 6.07) is 12.0. The highest BCUT2D eigenvalue weighted by atomic mass is 19.1. The fourth-order valence-electron chi connectivity index (χ4n) is 2.23. The van der Waals surface area contributed by atoms with E-state index in [9.17, 15) is 9.18 Å². The topological polar surface area (TPSA) is 55.1 Å². The van der Waals surface area contributed by atoms with Crippen LogP contribution in [-0.4, -0.2) is 12.5 Å². The average molecular weight is 286 g/mol. The predicted molar refractivity (Wildman–Crippen MR) is 82.4 cm³/mol. The number of rotatable bonds is 5. The molecule has 0 saturated heterocycles. The van der Waals surface area contributed by atoms with Crippen LogP contribution < -0.4 is 11.1 Å². The van der Waals surface area contributed by atoms with Crippen LogP contribution in [-0.2, 0) is 17.6 Å². The van der Waals surface area contributed by atoms with Gasteiger partial charge in [0.2, 0.25) is 5.91 Å². The van der Waals surface area contributed by atoms with Crippen LogP contribution in [0.3, 0.4) is 0 Å². The molecule has 0 aliphatic heterocycles. The minimum absolute atomic E-state index is 0.0413. The lowest BCUT2D eigenvalue weighted by atomic mass is 10.1. The van der Waals surface area contributed by atoms with Crippen molar-refractivity contribution < 1.29 is 9.18 Å². The van der Waals surface area contributed by atoms with Crippen molar-refractivity contribution in [1.82, 2.24) is 5.32 Å². The number of nitrogens with two attached hydrogens (primary N) is 1. The van der Waals surface area contributed by atoms with Crippen LogP contribution in [0.15, 0.2) is 42.5 Å². The Kier molecular flexibility index (Phi) is 4.93. The molecule has 2 aromatic carbocycles. The van der Waals surface area contributed by atoms with Gasteiger partial charge in [-0.2, -0.15) is 0 Å². The summed E-state index contributed by atoms with van der Waals surface area (Å²) in [7, 11) is 0. The second kappa shape index (κ2) is 6.88. The highest BCUT2D eigenvalue weighted by Crippen LogP contribution is 2.10. The number of hydrogen-bond acceptors (Lipinski definition) is 2. The molecule has 0 heterocycles. The predicted octanol–water partition coefficient (Wildman–Crippen LogP) is 2.62. The largest absolute Gasteiger partial charge is 0.399 e. The molecule has 4 heteroatoms. The Hall–Kier alpha value is -2.36. The van der Waals surface area contributed by atoms with E-state index in [1.165, 1.54) is 12.1 Å². The van der Waals surface area contributed by atoms with Crippen LogP contribution in [0, 0.1) is 12.7 Å². The van der Waals surface area contributed by atoms with E-state index < -0.39 is 0 Å². The molecule has 3 N–H and O–H groups in total. The molecule has 1 amide bonds. The van der Waals surface area contributed by atoms with E-state index in [0.29, 0.717) is 25.1 Å². The van der Waals surface area contributed by atoms with E-state index in [1.807, 2.05) is 19.1 Å². The fraction of sp³-hybridized carbons (Fsp3) is 0.235. The summed E-state index contributed by atoms with van der Waals surface area (Å²) >= 11 is 0. The lowest BCUT2D eigenvalue weighted by Gasteiger charge is -2.08. The summed E-state index contributed by atoms with van der Waals surface area (Å²) < 4.78 is 13.0. The molecule has 21 heavy (non-hydrogen) atoms. The van der Waals surface area contributed by atoms with Gasteiger partial charge in [0.05, 0.1) is 6.42 Å². The van der Waals surface area contributed by atoms with E-state index in [4.69, 9.17) is 5.73 Å². The van der Waals surface area contributed by atoms with Gasteiger partial charge in [-0.15, -0.1) is 0 Å². The number of benzene rings is 2. The molecular weight excluding hydrogens is 267 g/mol. The van der Waals surface area contributed by atoms with Crippen LogP contribution in [0.25, 0.3) is 0 Å². The summed E-state index contributed by atoms with van der Waals surface area (Å²) in [4.78, 5) is 11.8. The molecule has 0 saturated carbocycles. The zero-order valence-corrected chi connectivity index (χ0v) is 12.0. The normalized spacial score (nSPS) is 10.4. The summed E-state index contributed by atoms with van der Waals surface area (Å²) in [5.41, 5.74) is 9.17. The minimum Gasteiger partial charge on any atom is -0.399 e. The third kappa shape index (κ3) is 4.60. The molecule has 0 aliphatic rings. The Morgan fingerprint density at radius 2 is 2.05 bits per heavy atom. The van der Waals surface area contributed by atoms with E-state index in [0.717, 1.165) is 16.7 Å². The van der Waals surface area contributed by atoms with E-state index in [-0.39, 0.29) is 11.7 Å². The van der Waals surface area contributed by atoms with E-state index in [1.54, 1.807) is 18.2 Å². The summed E-state index contributed by atoms with van der Waals surface area (Å²) in [5, 5.41) is 2.87. The van der Waals surface area contributed by atoms with Crippen LogP contribution in [0.1, 0.15) is 16.7 Å². The highest BCUT2D eigenvalue weighted by Gasteiger charge is 2.04. The number of nitrogens with one attached hydrogen (secondary N) is 1. The maximum absolute atomic E-state index is 13.0. The zero-order chi connectivity index (χ0) is 15.2. The lowest BCUT2D eigenvalue weighted by Crippen LogP contribution is -2.27. The molecular formula is C17H19FN2O. The first-order valence-electron chi connectivity index (χ1n) is 6.91. The number of anilines is 1. The lowest BCUT2D eigenvalue weighted by molar-refractivity contribution is -0.120. The quantitative estimate of drug-likeness (QED) is 0.830. The molecule has 0 aromatic heterocycles. The summed E-state index contributed by atoms with van der Waals surface area (Å²) in [5.74, 6) is -0.276. The van der Waals surface area contributed by atoms with Gasteiger partial charge in [0.15, 0.2) is 0 Å². The molecule has 0 radical (unpaired) electrons. The number of aryl methyl sites for hydroxylation is 1. The van der Waals surface area contributed by atoms with Crippen molar-refractivity contribution in [2.45, 2.75) is 19.8 Å². The van der Waals surface area contributed by atoms with Gasteiger partial charge in [-0.1, -0.05) is 18.2 Å². The Balaban J connectivity index is 1.81. The molecule has 110 valence electrons. The molecule has 3 nitrogen and oxygen atoms in total. The number of amides is 1. The van der Waals surface area contributed by atoms with Crippen molar-refractivity contribution >= 4 is 11.6 Å². The monoisotopic (exact) mass is 286 g/mol. The second-order valence-electron chi connectivity index (χ2n) is 5.09. The summed E-state index contributed by atoms with van der Waals surface area (Å²) in [6.45, 7) is 2.40. The van der Waals surface area contributed by atoms with Crippen LogP contribution in [0.4, 0.5) is 10.1 Å². The Bertz CT molecular complexity index is 640. The standard InChI is InChI=1S/C17H19FN2O/c1-12-9-15(18)6-5-14(12)7-8-20-17(21)11-13-3-2-4-16(19)10-13/h2-6,9-10H,7-8,11,19H2,1H3,(H,20,21). The van der Waals surface area contributed by atoms with Crippen molar-refractivity contribution in [3.63, 3.8) is 0 Å². The van der Waals surface area contributed by atoms with Gasteiger partial charge >= 0.3 is 0 Å².